The number of carbonyl (C=O) groups excluding carboxylic acids is 1. The van der Waals surface area contributed by atoms with Crippen LogP contribution in [0.25, 0.3) is 0 Å². The molecule has 0 aliphatic carbocycles. The van der Waals surface area contributed by atoms with E-state index in [1.54, 1.807) is 25.4 Å². The van der Waals surface area contributed by atoms with Gasteiger partial charge in [-0.15, -0.1) is 6.58 Å². The molecule has 1 heterocycles. The highest BCUT2D eigenvalue weighted by Gasteiger charge is 2.20. The van der Waals surface area contributed by atoms with E-state index in [1.165, 1.54) is 22.1 Å². The third-order valence-electron chi connectivity index (χ3n) is 2.27. The minimum Gasteiger partial charge on any atom is -0.480 e. The molecule has 1 N–H and O–H groups in total. The summed E-state index contributed by atoms with van der Waals surface area (Å²) >= 11 is 0. The van der Waals surface area contributed by atoms with Gasteiger partial charge < -0.3 is 10.0 Å². The fourth-order valence-electron chi connectivity index (χ4n) is 1.40. The lowest BCUT2D eigenvalue weighted by molar-refractivity contribution is -0.137. The van der Waals surface area contributed by atoms with E-state index in [4.69, 9.17) is 5.11 Å². The molecular weight excluding hydrogens is 234 g/mol. The molecule has 2 amide bonds. The average molecular weight is 249 g/mol. The number of rotatable bonds is 5. The molecule has 0 spiro atoms. The van der Waals surface area contributed by atoms with Crippen LogP contribution in [-0.4, -0.2) is 47.1 Å². The molecule has 0 aliphatic heterocycles. The van der Waals surface area contributed by atoms with Gasteiger partial charge in [0, 0.05) is 19.8 Å². The molecule has 1 aromatic heterocycles. The van der Waals surface area contributed by atoms with Crippen molar-refractivity contribution in [3.8, 4) is 0 Å². The zero-order valence-corrected chi connectivity index (χ0v) is 10.1. The first kappa shape index (κ1) is 13.7. The van der Waals surface area contributed by atoms with Crippen LogP contribution in [0.4, 0.5) is 10.5 Å². The molecule has 6 heteroatoms. The van der Waals surface area contributed by atoms with Gasteiger partial charge in [0.1, 0.15) is 6.54 Å². The van der Waals surface area contributed by atoms with E-state index in [0.29, 0.717) is 5.69 Å². The van der Waals surface area contributed by atoms with E-state index in [1.807, 2.05) is 0 Å². The van der Waals surface area contributed by atoms with Crippen molar-refractivity contribution >= 4 is 17.7 Å². The Kier molecular flexibility index (Phi) is 4.86. The Hall–Kier alpha value is -2.37. The maximum absolute atomic E-state index is 12.1. The smallest absolute Gasteiger partial charge is 0.325 e. The van der Waals surface area contributed by atoms with Crippen LogP contribution in [-0.2, 0) is 4.79 Å². The van der Waals surface area contributed by atoms with Gasteiger partial charge in [-0.3, -0.25) is 14.7 Å². The molecule has 0 aliphatic rings. The zero-order valence-electron chi connectivity index (χ0n) is 10.1. The summed E-state index contributed by atoms with van der Waals surface area (Å²) in [5.74, 6) is -1.07. The third-order valence-corrected chi connectivity index (χ3v) is 2.27. The first-order valence-corrected chi connectivity index (χ1v) is 5.31. The van der Waals surface area contributed by atoms with Crippen LogP contribution in [0.15, 0.2) is 37.2 Å². The summed E-state index contributed by atoms with van der Waals surface area (Å²) in [4.78, 5) is 29.2. The van der Waals surface area contributed by atoms with Gasteiger partial charge in [-0.1, -0.05) is 6.08 Å². The summed E-state index contributed by atoms with van der Waals surface area (Å²) in [6, 6.07) is 3.01. The van der Waals surface area contributed by atoms with Crippen molar-refractivity contribution in [1.29, 1.82) is 0 Å². The minimum absolute atomic E-state index is 0.176. The van der Waals surface area contributed by atoms with Crippen molar-refractivity contribution in [2.75, 3.05) is 25.0 Å². The minimum atomic E-state index is -1.07. The van der Waals surface area contributed by atoms with E-state index in [2.05, 4.69) is 11.6 Å². The van der Waals surface area contributed by atoms with Crippen LogP contribution >= 0.6 is 0 Å². The maximum Gasteiger partial charge on any atom is 0.325 e. The number of pyridine rings is 1. The summed E-state index contributed by atoms with van der Waals surface area (Å²) in [6.07, 6.45) is 4.61. The Morgan fingerprint density at radius 2 is 2.28 bits per heavy atom. The Morgan fingerprint density at radius 3 is 2.78 bits per heavy atom. The van der Waals surface area contributed by atoms with Crippen molar-refractivity contribution in [2.45, 2.75) is 0 Å². The number of aliphatic carboxylic acids is 1. The normalized spacial score (nSPS) is 9.61. The van der Waals surface area contributed by atoms with Crippen molar-refractivity contribution in [3.63, 3.8) is 0 Å². The van der Waals surface area contributed by atoms with Crippen LogP contribution in [0.1, 0.15) is 0 Å². The highest BCUT2D eigenvalue weighted by molar-refractivity contribution is 5.93. The van der Waals surface area contributed by atoms with Gasteiger partial charge in [0.15, 0.2) is 0 Å². The molecule has 0 unspecified atom stereocenters. The van der Waals surface area contributed by atoms with Crippen molar-refractivity contribution in [1.82, 2.24) is 9.88 Å². The van der Waals surface area contributed by atoms with Crippen LogP contribution in [0.5, 0.6) is 0 Å². The largest absolute Gasteiger partial charge is 0.480 e. The van der Waals surface area contributed by atoms with Gasteiger partial charge in [-0.05, 0) is 12.1 Å². The second-order valence-corrected chi connectivity index (χ2v) is 3.62. The highest BCUT2D eigenvalue weighted by atomic mass is 16.4. The van der Waals surface area contributed by atoms with E-state index >= 15 is 0 Å². The summed E-state index contributed by atoms with van der Waals surface area (Å²) in [5, 5.41) is 8.75. The topological polar surface area (TPSA) is 73.7 Å². The van der Waals surface area contributed by atoms with E-state index in [0.717, 1.165) is 0 Å². The fraction of sp³-hybridized carbons (Fsp3) is 0.250. The Morgan fingerprint density at radius 1 is 1.56 bits per heavy atom. The number of anilines is 1. The van der Waals surface area contributed by atoms with Gasteiger partial charge in [0.05, 0.1) is 11.9 Å². The lowest BCUT2D eigenvalue weighted by Crippen LogP contribution is -2.43. The highest BCUT2D eigenvalue weighted by Crippen LogP contribution is 2.11. The van der Waals surface area contributed by atoms with Crippen molar-refractivity contribution in [2.24, 2.45) is 0 Å². The number of carbonyl (C=O) groups is 2. The molecule has 0 saturated carbocycles. The second kappa shape index (κ2) is 6.39. The molecule has 0 bridgehead atoms. The summed E-state index contributed by atoms with van der Waals surface area (Å²) in [6.45, 7) is 3.32. The van der Waals surface area contributed by atoms with E-state index in [-0.39, 0.29) is 13.1 Å². The summed E-state index contributed by atoms with van der Waals surface area (Å²) < 4.78 is 0. The van der Waals surface area contributed by atoms with E-state index < -0.39 is 12.0 Å². The lowest BCUT2D eigenvalue weighted by atomic mass is 10.4. The number of amides is 2. The number of carboxylic acid groups (broad SMARTS) is 1. The predicted molar refractivity (Wildman–Crippen MR) is 67.4 cm³/mol. The molecule has 18 heavy (non-hydrogen) atoms. The summed E-state index contributed by atoms with van der Waals surface area (Å²) in [7, 11) is 1.57. The molecule has 1 rings (SSSR count). The lowest BCUT2D eigenvalue weighted by Gasteiger charge is -2.25. The predicted octanol–water partition coefficient (Wildman–Crippen LogP) is 1.21. The van der Waals surface area contributed by atoms with Gasteiger partial charge in [-0.25, -0.2) is 4.79 Å². The zero-order chi connectivity index (χ0) is 13.5. The second-order valence-electron chi connectivity index (χ2n) is 3.62. The van der Waals surface area contributed by atoms with Gasteiger partial charge >= 0.3 is 12.0 Å². The number of carboxylic acids is 1. The number of hydrogen-bond acceptors (Lipinski definition) is 3. The molecule has 96 valence electrons. The molecule has 0 radical (unpaired) electrons. The molecule has 0 fully saturated rings. The van der Waals surface area contributed by atoms with Gasteiger partial charge in [0.2, 0.25) is 0 Å². The van der Waals surface area contributed by atoms with Gasteiger partial charge in [-0.2, -0.15) is 0 Å². The molecule has 1 aromatic rings. The first-order valence-electron chi connectivity index (χ1n) is 5.31. The monoisotopic (exact) mass is 249 g/mol. The molecule has 0 saturated heterocycles. The van der Waals surface area contributed by atoms with Crippen molar-refractivity contribution < 1.29 is 14.7 Å². The number of aromatic nitrogens is 1. The van der Waals surface area contributed by atoms with Crippen LogP contribution in [0.3, 0.4) is 0 Å². The fourth-order valence-corrected chi connectivity index (χ4v) is 1.40. The quantitative estimate of drug-likeness (QED) is 0.796. The number of urea groups is 1. The van der Waals surface area contributed by atoms with E-state index in [9.17, 15) is 9.59 Å². The Balaban J connectivity index is 2.82. The maximum atomic E-state index is 12.1. The van der Waals surface area contributed by atoms with Crippen LogP contribution in [0.2, 0.25) is 0 Å². The Bertz CT molecular complexity index is 433. The SMILES string of the molecule is C=CCN(CC(=O)O)C(=O)N(C)c1cccnc1. The van der Waals surface area contributed by atoms with Crippen LogP contribution in [0, 0.1) is 0 Å². The van der Waals surface area contributed by atoms with Gasteiger partial charge in [0.25, 0.3) is 0 Å². The Labute approximate surface area is 105 Å². The average Bonchev–Trinajstić information content (AvgIpc) is 2.37. The number of nitrogens with zero attached hydrogens (tertiary/aromatic N) is 3. The van der Waals surface area contributed by atoms with Crippen LogP contribution < -0.4 is 4.90 Å². The standard InChI is InChI=1S/C12H15N3O3/c1-3-7-15(9-11(16)17)12(18)14(2)10-5-4-6-13-8-10/h3-6,8H,1,7,9H2,2H3,(H,16,17). The molecule has 0 aromatic carbocycles. The first-order chi connectivity index (χ1) is 8.56. The third kappa shape index (κ3) is 3.58. The molecule has 6 nitrogen and oxygen atoms in total. The molecular formula is C12H15N3O3. The number of hydrogen-bond donors (Lipinski definition) is 1. The molecule has 0 atom stereocenters. The van der Waals surface area contributed by atoms with Crippen molar-refractivity contribution in [3.05, 3.63) is 37.2 Å². The summed E-state index contributed by atoms with van der Waals surface area (Å²) in [5.41, 5.74) is 0.599.